The van der Waals surface area contributed by atoms with E-state index < -0.39 is 6.10 Å². The molecule has 3 rings (SSSR count). The molecular weight excluding hydrogens is 240 g/mol. The fraction of sp³-hybridized carbons (Fsp3) is 0.214. The summed E-state index contributed by atoms with van der Waals surface area (Å²) in [6, 6.07) is 8.05. The van der Waals surface area contributed by atoms with Crippen molar-refractivity contribution in [2.75, 3.05) is 0 Å². The zero-order valence-electron chi connectivity index (χ0n) is 10.6. The second kappa shape index (κ2) is 4.78. The molecule has 0 saturated heterocycles. The van der Waals surface area contributed by atoms with Crippen LogP contribution in [0.5, 0.6) is 0 Å². The lowest BCUT2D eigenvalue weighted by Crippen LogP contribution is -2.11. The number of aliphatic hydroxyl groups is 1. The van der Waals surface area contributed by atoms with Crippen LogP contribution < -0.4 is 0 Å². The predicted molar refractivity (Wildman–Crippen MR) is 72.4 cm³/mol. The molecule has 1 unspecified atom stereocenters. The van der Waals surface area contributed by atoms with E-state index in [0.717, 1.165) is 22.0 Å². The lowest BCUT2D eigenvalue weighted by atomic mass is 10.1. The van der Waals surface area contributed by atoms with Crippen molar-refractivity contribution in [2.45, 2.75) is 19.6 Å². The molecule has 3 aromatic rings. The summed E-state index contributed by atoms with van der Waals surface area (Å²) in [5.41, 5.74) is 1.81. The fourth-order valence-corrected chi connectivity index (χ4v) is 2.03. The molecule has 96 valence electrons. The van der Waals surface area contributed by atoms with Crippen molar-refractivity contribution in [2.24, 2.45) is 0 Å². The molecule has 0 aliphatic rings. The van der Waals surface area contributed by atoms with E-state index in [0.29, 0.717) is 6.54 Å². The first kappa shape index (κ1) is 11.8. The Balaban J connectivity index is 1.97. The number of fused-ring (bicyclic) bond motifs is 1. The van der Waals surface area contributed by atoms with Gasteiger partial charge in [0.2, 0.25) is 0 Å². The van der Waals surface area contributed by atoms with Gasteiger partial charge in [-0.1, -0.05) is 17.3 Å². The maximum absolute atomic E-state index is 9.33. The quantitative estimate of drug-likeness (QED) is 0.775. The van der Waals surface area contributed by atoms with Gasteiger partial charge in [0.05, 0.1) is 18.8 Å². The van der Waals surface area contributed by atoms with Gasteiger partial charge in [0, 0.05) is 23.3 Å². The minimum Gasteiger partial charge on any atom is -0.391 e. The molecule has 0 saturated carbocycles. The summed E-state index contributed by atoms with van der Waals surface area (Å²) in [6.45, 7) is 2.18. The van der Waals surface area contributed by atoms with E-state index in [1.165, 1.54) is 0 Å². The Bertz CT molecular complexity index is 705. The Morgan fingerprint density at radius 1 is 1.26 bits per heavy atom. The van der Waals surface area contributed by atoms with Crippen molar-refractivity contribution in [3.05, 3.63) is 42.9 Å². The second-order valence-electron chi connectivity index (χ2n) is 4.61. The molecule has 0 bridgehead atoms. The maximum atomic E-state index is 9.33. The van der Waals surface area contributed by atoms with Crippen LogP contribution in [0.2, 0.25) is 0 Å². The average Bonchev–Trinajstić information content (AvgIpc) is 2.86. The molecule has 1 atom stereocenters. The highest BCUT2D eigenvalue weighted by atomic mass is 16.3. The van der Waals surface area contributed by atoms with Crippen molar-refractivity contribution >= 4 is 10.8 Å². The van der Waals surface area contributed by atoms with Crippen LogP contribution in [-0.4, -0.2) is 31.2 Å². The first-order chi connectivity index (χ1) is 9.22. The van der Waals surface area contributed by atoms with Crippen LogP contribution >= 0.6 is 0 Å². The molecule has 0 aliphatic heterocycles. The number of aliphatic hydroxyl groups excluding tert-OH is 1. The SMILES string of the molecule is CC(O)Cn1cc(-c2ccc3cnccc3c2)nn1. The largest absolute Gasteiger partial charge is 0.391 e. The van der Waals surface area contributed by atoms with E-state index >= 15 is 0 Å². The van der Waals surface area contributed by atoms with E-state index in [1.807, 2.05) is 30.6 Å². The summed E-state index contributed by atoms with van der Waals surface area (Å²) in [5.74, 6) is 0. The molecule has 5 nitrogen and oxygen atoms in total. The van der Waals surface area contributed by atoms with Crippen LogP contribution in [0.3, 0.4) is 0 Å². The molecular formula is C14H14N4O. The molecule has 1 aromatic carbocycles. The number of pyridine rings is 1. The van der Waals surface area contributed by atoms with E-state index in [-0.39, 0.29) is 0 Å². The number of hydrogen-bond donors (Lipinski definition) is 1. The summed E-state index contributed by atoms with van der Waals surface area (Å²) < 4.78 is 1.65. The van der Waals surface area contributed by atoms with Crippen LogP contribution in [-0.2, 0) is 6.54 Å². The van der Waals surface area contributed by atoms with E-state index in [4.69, 9.17) is 0 Å². The molecule has 0 aliphatic carbocycles. The highest BCUT2D eigenvalue weighted by Gasteiger charge is 2.06. The zero-order valence-corrected chi connectivity index (χ0v) is 10.6. The van der Waals surface area contributed by atoms with Crippen molar-refractivity contribution in [3.8, 4) is 11.3 Å². The first-order valence-electron chi connectivity index (χ1n) is 6.15. The third kappa shape index (κ3) is 2.46. The maximum Gasteiger partial charge on any atom is 0.113 e. The van der Waals surface area contributed by atoms with Crippen molar-refractivity contribution in [3.63, 3.8) is 0 Å². The number of rotatable bonds is 3. The molecule has 2 aromatic heterocycles. The van der Waals surface area contributed by atoms with E-state index in [9.17, 15) is 5.11 Å². The third-order valence-corrected chi connectivity index (χ3v) is 2.93. The number of aromatic nitrogens is 4. The van der Waals surface area contributed by atoms with Gasteiger partial charge in [-0.15, -0.1) is 5.10 Å². The van der Waals surface area contributed by atoms with Gasteiger partial charge in [-0.2, -0.15) is 0 Å². The Hall–Kier alpha value is -2.27. The zero-order chi connectivity index (χ0) is 13.2. The second-order valence-corrected chi connectivity index (χ2v) is 4.61. The molecule has 0 radical (unpaired) electrons. The van der Waals surface area contributed by atoms with E-state index in [1.54, 1.807) is 17.8 Å². The first-order valence-corrected chi connectivity index (χ1v) is 6.15. The predicted octanol–water partition coefficient (Wildman–Crippen LogP) is 1.87. The number of benzene rings is 1. The van der Waals surface area contributed by atoms with Gasteiger partial charge in [0.25, 0.3) is 0 Å². The molecule has 1 N–H and O–H groups in total. The third-order valence-electron chi connectivity index (χ3n) is 2.93. The van der Waals surface area contributed by atoms with Gasteiger partial charge in [0.1, 0.15) is 5.69 Å². The Morgan fingerprint density at radius 3 is 3.00 bits per heavy atom. The topological polar surface area (TPSA) is 63.8 Å². The van der Waals surface area contributed by atoms with Gasteiger partial charge in [-0.3, -0.25) is 4.98 Å². The molecule has 2 heterocycles. The van der Waals surface area contributed by atoms with Crippen LogP contribution in [0.25, 0.3) is 22.0 Å². The van der Waals surface area contributed by atoms with Gasteiger partial charge in [0.15, 0.2) is 0 Å². The summed E-state index contributed by atoms with van der Waals surface area (Å²) >= 11 is 0. The Morgan fingerprint density at radius 2 is 2.16 bits per heavy atom. The standard InChI is InChI=1S/C14H14N4O/c1-10(19)8-18-9-14(16-17-18)12-2-3-13-7-15-5-4-11(13)6-12/h2-7,9-10,19H,8H2,1H3. The van der Waals surface area contributed by atoms with E-state index in [2.05, 4.69) is 21.4 Å². The molecule has 0 fully saturated rings. The van der Waals surface area contributed by atoms with Crippen LogP contribution in [0.4, 0.5) is 0 Å². The van der Waals surface area contributed by atoms with Crippen LogP contribution in [0.1, 0.15) is 6.92 Å². The lowest BCUT2D eigenvalue weighted by Gasteiger charge is -2.02. The van der Waals surface area contributed by atoms with Gasteiger partial charge >= 0.3 is 0 Å². The number of nitrogens with zero attached hydrogens (tertiary/aromatic N) is 4. The summed E-state index contributed by atoms with van der Waals surface area (Å²) in [4.78, 5) is 4.09. The van der Waals surface area contributed by atoms with Crippen LogP contribution in [0.15, 0.2) is 42.9 Å². The average molecular weight is 254 g/mol. The molecule has 0 spiro atoms. The lowest BCUT2D eigenvalue weighted by molar-refractivity contribution is 0.167. The number of hydrogen-bond acceptors (Lipinski definition) is 4. The van der Waals surface area contributed by atoms with Gasteiger partial charge < -0.3 is 5.11 Å². The van der Waals surface area contributed by atoms with Crippen molar-refractivity contribution in [1.82, 2.24) is 20.0 Å². The van der Waals surface area contributed by atoms with Gasteiger partial charge in [-0.05, 0) is 24.4 Å². The van der Waals surface area contributed by atoms with Gasteiger partial charge in [-0.25, -0.2) is 4.68 Å². The molecule has 5 heteroatoms. The van der Waals surface area contributed by atoms with Crippen molar-refractivity contribution in [1.29, 1.82) is 0 Å². The Kier molecular flexibility index (Phi) is 2.97. The monoisotopic (exact) mass is 254 g/mol. The summed E-state index contributed by atoms with van der Waals surface area (Å²) in [6.07, 6.45) is 5.02. The highest BCUT2D eigenvalue weighted by Crippen LogP contribution is 2.21. The van der Waals surface area contributed by atoms with Crippen LogP contribution in [0, 0.1) is 0 Å². The normalized spacial score (nSPS) is 12.7. The molecule has 19 heavy (non-hydrogen) atoms. The minimum atomic E-state index is -0.433. The summed E-state index contributed by atoms with van der Waals surface area (Å²) in [7, 11) is 0. The fourth-order valence-electron chi connectivity index (χ4n) is 2.03. The highest BCUT2D eigenvalue weighted by molar-refractivity contribution is 5.85. The molecule has 0 amide bonds. The summed E-state index contributed by atoms with van der Waals surface area (Å²) in [5, 5.41) is 19.7. The smallest absolute Gasteiger partial charge is 0.113 e. The minimum absolute atomic E-state index is 0.433. The Labute approximate surface area is 110 Å². The van der Waals surface area contributed by atoms with Crippen molar-refractivity contribution < 1.29 is 5.11 Å².